The molecule has 0 spiro atoms. The number of halogens is 2. The molecule has 0 saturated heterocycles. The van der Waals surface area contributed by atoms with E-state index in [1.165, 1.54) is 21.5 Å². The van der Waals surface area contributed by atoms with Crippen molar-refractivity contribution in [2.75, 3.05) is 0 Å². The summed E-state index contributed by atoms with van der Waals surface area (Å²) in [6, 6.07) is 35.6. The van der Waals surface area contributed by atoms with Crippen LogP contribution in [0.1, 0.15) is 83.1 Å². The minimum Gasteiger partial charge on any atom is -1.00 e. The second-order valence-corrected chi connectivity index (χ2v) is 33.1. The third kappa shape index (κ3) is 12.5. The average Bonchev–Trinajstić information content (AvgIpc) is 3.83. The molecule has 4 rings (SSSR count). The summed E-state index contributed by atoms with van der Waals surface area (Å²) in [4.78, 5) is 0. The average molecular weight is 870 g/mol. The van der Waals surface area contributed by atoms with Gasteiger partial charge in [-0.3, -0.25) is 0 Å². The van der Waals surface area contributed by atoms with Gasteiger partial charge >= 0.3 is 21.7 Å². The molecule has 296 valence electrons. The Bertz CT molecular complexity index is 1330. The minimum atomic E-state index is -1.73. The summed E-state index contributed by atoms with van der Waals surface area (Å²) in [5.74, 6) is 3.96. The molecule has 0 bridgehead atoms. The van der Waals surface area contributed by atoms with Crippen molar-refractivity contribution in [1.82, 2.24) is 0 Å². The third-order valence-corrected chi connectivity index (χ3v) is 30.5. The van der Waals surface area contributed by atoms with Crippen LogP contribution < -0.4 is 42.5 Å². The van der Waals surface area contributed by atoms with Crippen LogP contribution in [0.2, 0.25) is 72.5 Å². The van der Waals surface area contributed by atoms with Crippen molar-refractivity contribution in [2.45, 2.75) is 156 Å². The van der Waals surface area contributed by atoms with Gasteiger partial charge in [-0.05, 0) is 72.5 Å². The van der Waals surface area contributed by atoms with Gasteiger partial charge in [0.25, 0.3) is 16.6 Å². The monoisotopic (exact) mass is 868 g/mol. The van der Waals surface area contributed by atoms with E-state index < -0.39 is 33.3 Å². The fourth-order valence-corrected chi connectivity index (χ4v) is 17.6. The van der Waals surface area contributed by atoms with E-state index in [1.54, 1.807) is 0 Å². The molecule has 0 unspecified atom stereocenters. The standard InChI is InChI=1S/2C21H35O2Si2.2ClH.Ti/c2*1-7-24(8-2,9-3)22-20-16-18-14-13-15-19(18)17-21(20)23-25(10-4,11-5)12-6;;;/h2*13-17H,7-12H2,1-6H3;2*1H;/q2*-1;;;+4/p-2. The van der Waals surface area contributed by atoms with Gasteiger partial charge < -0.3 is 42.5 Å². The summed E-state index contributed by atoms with van der Waals surface area (Å²) in [5, 5.41) is 5.02. The van der Waals surface area contributed by atoms with Crippen molar-refractivity contribution in [3.05, 3.63) is 60.7 Å². The molecule has 0 aliphatic carbocycles. The van der Waals surface area contributed by atoms with E-state index in [0.717, 1.165) is 95.5 Å². The fraction of sp³-hybridized carbons (Fsp3) is 0.571. The van der Waals surface area contributed by atoms with E-state index in [1.807, 2.05) is 0 Å². The Hall–Kier alpha value is -0.978. The first kappa shape index (κ1) is 52.0. The Morgan fingerprint density at radius 1 is 0.377 bits per heavy atom. The molecule has 0 fully saturated rings. The van der Waals surface area contributed by atoms with Crippen LogP contribution in [0.3, 0.4) is 0 Å². The normalized spacial score (nSPS) is 11.8. The maximum absolute atomic E-state index is 6.77. The van der Waals surface area contributed by atoms with E-state index in [-0.39, 0.29) is 46.5 Å². The van der Waals surface area contributed by atoms with Gasteiger partial charge in [-0.25, -0.2) is 0 Å². The van der Waals surface area contributed by atoms with Crippen molar-refractivity contribution in [2.24, 2.45) is 0 Å². The maximum atomic E-state index is 6.77. The van der Waals surface area contributed by atoms with Crippen LogP contribution >= 0.6 is 0 Å². The molecule has 0 aliphatic rings. The van der Waals surface area contributed by atoms with Crippen LogP contribution in [-0.4, -0.2) is 33.3 Å². The first-order chi connectivity index (χ1) is 24.0. The Morgan fingerprint density at radius 2 is 0.585 bits per heavy atom. The number of fused-ring (bicyclic) bond motifs is 2. The quantitative estimate of drug-likeness (QED) is 0.0659. The summed E-state index contributed by atoms with van der Waals surface area (Å²) in [5.41, 5.74) is 0. The Balaban J connectivity index is 0.000000966. The zero-order valence-corrected chi connectivity index (χ0v) is 42.2. The molecule has 0 radical (unpaired) electrons. The maximum Gasteiger partial charge on any atom is 4.00 e. The zero-order chi connectivity index (χ0) is 37.0. The molecule has 0 heterocycles. The van der Waals surface area contributed by atoms with Gasteiger partial charge in [-0.2, -0.15) is 24.3 Å². The van der Waals surface area contributed by atoms with E-state index >= 15 is 0 Å². The zero-order valence-electron chi connectivity index (χ0n) is 35.1. The molecule has 0 atom stereocenters. The second kappa shape index (κ2) is 23.9. The molecule has 0 aliphatic heterocycles. The van der Waals surface area contributed by atoms with Gasteiger partial charge in [-0.1, -0.05) is 107 Å². The number of rotatable bonds is 20. The molecule has 0 N–H and O–H groups in total. The topological polar surface area (TPSA) is 36.9 Å². The van der Waals surface area contributed by atoms with Gasteiger partial charge in [-0.15, -0.1) is 33.7 Å². The van der Waals surface area contributed by atoms with Crippen molar-refractivity contribution in [1.29, 1.82) is 0 Å². The van der Waals surface area contributed by atoms with Gasteiger partial charge in [0.1, 0.15) is 23.0 Å². The van der Waals surface area contributed by atoms with Crippen LogP contribution in [0, 0.1) is 0 Å². The molecule has 4 aromatic carbocycles. The van der Waals surface area contributed by atoms with Crippen LogP contribution in [0.25, 0.3) is 21.5 Å². The number of hydrogen-bond acceptors (Lipinski definition) is 4. The second-order valence-electron chi connectivity index (χ2n) is 14.3. The number of benzene rings is 2. The summed E-state index contributed by atoms with van der Waals surface area (Å²) in [6.07, 6.45) is 0. The largest absolute Gasteiger partial charge is 4.00 e. The molecular weight excluding hydrogens is 800 g/mol. The first-order valence-electron chi connectivity index (χ1n) is 20.2. The first-order valence-corrected chi connectivity index (χ1v) is 30.3. The van der Waals surface area contributed by atoms with Crippen molar-refractivity contribution in [3.8, 4) is 23.0 Å². The Morgan fingerprint density at radius 3 is 0.792 bits per heavy atom. The van der Waals surface area contributed by atoms with Crippen molar-refractivity contribution < 1.29 is 64.2 Å². The summed E-state index contributed by atoms with van der Waals surface area (Å²) < 4.78 is 27.1. The minimum absolute atomic E-state index is 0. The molecule has 4 nitrogen and oxygen atoms in total. The van der Waals surface area contributed by atoms with Crippen LogP contribution in [0.5, 0.6) is 23.0 Å². The van der Waals surface area contributed by atoms with Gasteiger partial charge in [0.05, 0.1) is 0 Å². The van der Waals surface area contributed by atoms with Gasteiger partial charge in [0, 0.05) is 0 Å². The van der Waals surface area contributed by atoms with Crippen molar-refractivity contribution in [3.63, 3.8) is 0 Å². The molecule has 53 heavy (non-hydrogen) atoms. The van der Waals surface area contributed by atoms with Crippen molar-refractivity contribution >= 4 is 54.8 Å². The van der Waals surface area contributed by atoms with Crippen LogP contribution in [0.15, 0.2) is 60.7 Å². The molecule has 0 amide bonds. The van der Waals surface area contributed by atoms with E-state index in [9.17, 15) is 0 Å². The summed E-state index contributed by atoms with van der Waals surface area (Å²) >= 11 is 0. The number of hydrogen-bond donors (Lipinski definition) is 0. The molecular formula is C42H70Cl2O4Si4Ti. The summed E-state index contributed by atoms with van der Waals surface area (Å²) in [6.45, 7) is 27.4. The molecule has 0 saturated carbocycles. The van der Waals surface area contributed by atoms with E-state index in [2.05, 4.69) is 144 Å². The summed E-state index contributed by atoms with van der Waals surface area (Å²) in [7, 11) is -6.91. The molecule has 11 heteroatoms. The SMILES string of the molecule is CC[Si](CC)(CC)Oc1cc2cc[cH-]c2cc1O[Si](CC)(CC)CC.CC[Si](CC)(CC)Oc1cc2cc[cH-]c2cc1O[Si](CC)(CC)CC.[Cl-].[Cl-].[Ti+4]. The van der Waals surface area contributed by atoms with E-state index in [4.69, 9.17) is 17.7 Å². The van der Waals surface area contributed by atoms with Crippen LogP contribution in [-0.2, 0) is 21.7 Å². The van der Waals surface area contributed by atoms with Gasteiger partial charge in [0.2, 0.25) is 16.6 Å². The van der Waals surface area contributed by atoms with Gasteiger partial charge in [0.15, 0.2) is 0 Å². The Kier molecular flexibility index (Phi) is 23.5. The van der Waals surface area contributed by atoms with Crippen LogP contribution in [0.4, 0.5) is 0 Å². The Labute approximate surface area is 355 Å². The predicted octanol–water partition coefficient (Wildman–Crippen LogP) is 8.66. The fourth-order valence-electron chi connectivity index (χ4n) is 7.39. The molecule has 0 aromatic heterocycles. The van der Waals surface area contributed by atoms with E-state index in [0.29, 0.717) is 0 Å². The molecule has 4 aromatic rings. The third-order valence-electron chi connectivity index (χ3n) is 12.4. The smallest absolute Gasteiger partial charge is 1.00 e. The predicted molar refractivity (Wildman–Crippen MR) is 230 cm³/mol.